The van der Waals surface area contributed by atoms with Crippen LogP contribution in [0, 0.1) is 21.4 Å². The van der Waals surface area contributed by atoms with Crippen LogP contribution in [0.5, 0.6) is 0 Å². The molecule has 1 N–H and O–H groups in total. The molecule has 7 heteroatoms. The van der Waals surface area contributed by atoms with Gasteiger partial charge in [0.2, 0.25) is 5.91 Å². The van der Waals surface area contributed by atoms with Crippen LogP contribution in [-0.2, 0) is 4.79 Å². The van der Waals surface area contributed by atoms with Crippen LogP contribution < -0.4 is 5.32 Å². The summed E-state index contributed by atoms with van der Waals surface area (Å²) in [6.45, 7) is 2.03. The van der Waals surface area contributed by atoms with Gasteiger partial charge in [-0.3, -0.25) is 14.9 Å². The number of benzene rings is 1. The van der Waals surface area contributed by atoms with Crippen molar-refractivity contribution in [1.82, 2.24) is 5.32 Å². The Hall–Kier alpha value is -2.33. The van der Waals surface area contributed by atoms with E-state index in [2.05, 4.69) is 11.4 Å². The molecular weight excluding hydrogens is 302 g/mol. The zero-order chi connectivity index (χ0) is 16.1. The zero-order valence-electron chi connectivity index (χ0n) is 12.0. The third-order valence-corrected chi connectivity index (χ3v) is 4.54. The molecule has 0 aromatic heterocycles. The van der Waals surface area contributed by atoms with Crippen LogP contribution in [0.3, 0.4) is 0 Å². The predicted octanol–water partition coefficient (Wildman–Crippen LogP) is 3.08. The summed E-state index contributed by atoms with van der Waals surface area (Å²) in [5.74, 6) is 0.327. The van der Waals surface area contributed by atoms with Gasteiger partial charge in [0.1, 0.15) is 0 Å². The number of thioether (sulfide) groups is 1. The molecule has 0 saturated heterocycles. The molecule has 1 aliphatic heterocycles. The highest BCUT2D eigenvalue weighted by Crippen LogP contribution is 2.36. The topological polar surface area (TPSA) is 96.0 Å². The number of nitrogens with zero attached hydrogens (tertiary/aromatic N) is 2. The normalized spacial score (nSPS) is 17.8. The molecule has 0 fully saturated rings. The lowest BCUT2D eigenvalue weighted by Gasteiger charge is -2.24. The standard InChI is InChI=1S/C15H15N3O3S/c1-2-7-22-15-13(9-16)12(8-14(19)17-15)10-3-5-11(6-4-10)18(20)21/h3-6,12H,2,7-8H2,1H3,(H,17,19)/t12-/m1/s1. The number of nitrogens with one attached hydrogen (secondary N) is 1. The molecule has 0 saturated carbocycles. The number of hydrogen-bond donors (Lipinski definition) is 1. The van der Waals surface area contributed by atoms with Crippen LogP contribution in [0.25, 0.3) is 0 Å². The molecule has 1 aromatic rings. The minimum Gasteiger partial charge on any atom is -0.320 e. The van der Waals surface area contributed by atoms with Crippen LogP contribution in [-0.4, -0.2) is 16.6 Å². The summed E-state index contributed by atoms with van der Waals surface area (Å²) in [5, 5.41) is 23.5. The predicted molar refractivity (Wildman–Crippen MR) is 84.0 cm³/mol. The van der Waals surface area contributed by atoms with Crippen molar-refractivity contribution in [2.45, 2.75) is 25.7 Å². The Labute approximate surface area is 132 Å². The second-order valence-corrected chi connectivity index (χ2v) is 5.96. The SMILES string of the molecule is CCCSC1=C(C#N)[C@@H](c2ccc([N+](=O)[O-])cc2)CC(=O)N1. The second-order valence-electron chi connectivity index (χ2n) is 4.86. The van der Waals surface area contributed by atoms with E-state index in [1.165, 1.54) is 23.9 Å². The highest BCUT2D eigenvalue weighted by molar-refractivity contribution is 8.03. The molecule has 0 unspecified atom stereocenters. The number of rotatable bonds is 5. The number of non-ortho nitro benzene ring substituents is 1. The van der Waals surface area contributed by atoms with Crippen molar-refractivity contribution in [3.05, 3.63) is 50.5 Å². The highest BCUT2D eigenvalue weighted by Gasteiger charge is 2.29. The smallest absolute Gasteiger partial charge is 0.269 e. The highest BCUT2D eigenvalue weighted by atomic mass is 32.2. The Morgan fingerprint density at radius 2 is 2.14 bits per heavy atom. The molecule has 1 amide bonds. The average molecular weight is 317 g/mol. The molecule has 1 heterocycles. The van der Waals surface area contributed by atoms with Crippen LogP contribution in [0.1, 0.15) is 31.2 Å². The van der Waals surface area contributed by atoms with Crippen molar-refractivity contribution in [3.8, 4) is 6.07 Å². The fourth-order valence-electron chi connectivity index (χ4n) is 2.25. The molecule has 2 rings (SSSR count). The van der Waals surface area contributed by atoms with Crippen LogP contribution in [0.2, 0.25) is 0 Å². The largest absolute Gasteiger partial charge is 0.320 e. The van der Waals surface area contributed by atoms with Gasteiger partial charge in [-0.1, -0.05) is 19.1 Å². The van der Waals surface area contributed by atoms with Crippen molar-refractivity contribution >= 4 is 23.4 Å². The molecule has 0 radical (unpaired) electrons. The summed E-state index contributed by atoms with van der Waals surface area (Å²) >= 11 is 1.46. The first-order valence-corrected chi connectivity index (χ1v) is 7.86. The number of carbonyl (C=O) groups excluding carboxylic acids is 1. The zero-order valence-corrected chi connectivity index (χ0v) is 12.9. The quantitative estimate of drug-likeness (QED) is 0.665. The van der Waals surface area contributed by atoms with Crippen molar-refractivity contribution in [2.75, 3.05) is 5.75 Å². The van der Waals surface area contributed by atoms with Crippen LogP contribution in [0.4, 0.5) is 5.69 Å². The fraction of sp³-hybridized carbons (Fsp3) is 0.333. The second kappa shape index (κ2) is 7.09. The van der Waals surface area contributed by atoms with E-state index >= 15 is 0 Å². The summed E-state index contributed by atoms with van der Waals surface area (Å²) < 4.78 is 0. The van der Waals surface area contributed by atoms with E-state index in [0.717, 1.165) is 17.7 Å². The van der Waals surface area contributed by atoms with Crippen LogP contribution >= 0.6 is 11.8 Å². The van der Waals surface area contributed by atoms with Crippen molar-refractivity contribution < 1.29 is 9.72 Å². The number of hydrogen-bond acceptors (Lipinski definition) is 5. The Bertz CT molecular complexity index is 662. The van der Waals surface area contributed by atoms with E-state index in [9.17, 15) is 20.2 Å². The average Bonchev–Trinajstić information content (AvgIpc) is 2.52. The van der Waals surface area contributed by atoms with Gasteiger partial charge < -0.3 is 5.32 Å². The minimum atomic E-state index is -0.471. The molecule has 114 valence electrons. The molecular formula is C15H15N3O3S. The summed E-state index contributed by atoms with van der Waals surface area (Å²) in [6, 6.07) is 8.20. The fourth-order valence-corrected chi connectivity index (χ4v) is 3.19. The molecule has 22 heavy (non-hydrogen) atoms. The van der Waals surface area contributed by atoms with Gasteiger partial charge in [0, 0.05) is 24.5 Å². The Morgan fingerprint density at radius 1 is 1.45 bits per heavy atom. The molecule has 0 aliphatic carbocycles. The van der Waals surface area contributed by atoms with E-state index in [-0.39, 0.29) is 23.9 Å². The molecule has 0 bridgehead atoms. The number of nitro benzene ring substituents is 1. The third-order valence-electron chi connectivity index (χ3n) is 3.31. The van der Waals surface area contributed by atoms with Gasteiger partial charge in [0.25, 0.3) is 5.69 Å². The summed E-state index contributed by atoms with van der Waals surface area (Å²) in [7, 11) is 0. The first-order chi connectivity index (χ1) is 10.6. The van der Waals surface area contributed by atoms with Gasteiger partial charge in [-0.05, 0) is 17.7 Å². The third kappa shape index (κ3) is 3.46. The van der Waals surface area contributed by atoms with E-state index in [0.29, 0.717) is 10.6 Å². The number of nitriles is 1. The van der Waals surface area contributed by atoms with Gasteiger partial charge >= 0.3 is 0 Å². The lowest BCUT2D eigenvalue weighted by Crippen LogP contribution is -2.30. The lowest BCUT2D eigenvalue weighted by atomic mass is 9.87. The minimum absolute atomic E-state index is 0.00733. The van der Waals surface area contributed by atoms with E-state index in [1.807, 2.05) is 6.92 Å². The molecule has 1 aromatic carbocycles. The number of amides is 1. The summed E-state index contributed by atoms with van der Waals surface area (Å²) in [6.07, 6.45) is 1.11. The molecule has 1 aliphatic rings. The molecule has 1 atom stereocenters. The molecule has 6 nitrogen and oxygen atoms in total. The van der Waals surface area contributed by atoms with Crippen molar-refractivity contribution in [1.29, 1.82) is 5.26 Å². The summed E-state index contributed by atoms with van der Waals surface area (Å²) in [4.78, 5) is 22.1. The Morgan fingerprint density at radius 3 is 2.68 bits per heavy atom. The maximum Gasteiger partial charge on any atom is 0.269 e. The van der Waals surface area contributed by atoms with Gasteiger partial charge in [0.05, 0.1) is 21.6 Å². The first-order valence-electron chi connectivity index (χ1n) is 6.88. The summed E-state index contributed by atoms with van der Waals surface area (Å²) in [5.41, 5.74) is 1.26. The number of allylic oxidation sites excluding steroid dienone is 1. The van der Waals surface area contributed by atoms with Crippen molar-refractivity contribution in [3.63, 3.8) is 0 Å². The molecule has 0 spiro atoms. The van der Waals surface area contributed by atoms with Gasteiger partial charge in [0.15, 0.2) is 0 Å². The number of carbonyl (C=O) groups is 1. The maximum absolute atomic E-state index is 11.9. The van der Waals surface area contributed by atoms with Gasteiger partial charge in [-0.2, -0.15) is 5.26 Å². The van der Waals surface area contributed by atoms with E-state index in [4.69, 9.17) is 0 Å². The Kier molecular flexibility index (Phi) is 5.17. The Balaban J connectivity index is 2.36. The van der Waals surface area contributed by atoms with Gasteiger partial charge in [-0.15, -0.1) is 11.8 Å². The number of nitro groups is 1. The van der Waals surface area contributed by atoms with Crippen LogP contribution in [0.15, 0.2) is 34.9 Å². The lowest BCUT2D eigenvalue weighted by molar-refractivity contribution is -0.384. The van der Waals surface area contributed by atoms with Crippen molar-refractivity contribution in [2.24, 2.45) is 0 Å². The monoisotopic (exact) mass is 317 g/mol. The van der Waals surface area contributed by atoms with E-state index < -0.39 is 4.92 Å². The van der Waals surface area contributed by atoms with E-state index in [1.54, 1.807) is 12.1 Å². The first kappa shape index (κ1) is 16.0. The van der Waals surface area contributed by atoms with Gasteiger partial charge in [-0.25, -0.2) is 0 Å². The maximum atomic E-state index is 11.9.